The van der Waals surface area contributed by atoms with Crippen LogP contribution in [0.15, 0.2) is 12.4 Å². The number of aromatic nitrogens is 2. The molecule has 4 heteroatoms. The molecule has 0 spiro atoms. The summed E-state index contributed by atoms with van der Waals surface area (Å²) in [5, 5.41) is 0. The van der Waals surface area contributed by atoms with Crippen LogP contribution in [0, 0.1) is 3.70 Å². The van der Waals surface area contributed by atoms with E-state index in [4.69, 9.17) is 0 Å². The average Bonchev–Trinajstić information content (AvgIpc) is 1.88. The second-order valence-electron chi connectivity index (χ2n) is 1.87. The van der Waals surface area contributed by atoms with Crippen LogP contribution in [0.4, 0.5) is 5.82 Å². The van der Waals surface area contributed by atoms with Gasteiger partial charge in [0.15, 0.2) is 9.90 Å². The Balaban J connectivity index is 3.15. The van der Waals surface area contributed by atoms with Gasteiger partial charge in [0.2, 0.25) is 0 Å². The summed E-state index contributed by atoms with van der Waals surface area (Å²) in [5.41, 5.74) is 0. The average molecular weight is 248 g/mol. The summed E-state index contributed by atoms with van der Waals surface area (Å²) < 4.78 is 2.56. The molecule has 0 radical (unpaired) electrons. The summed E-state index contributed by atoms with van der Waals surface area (Å²) in [7, 11) is 1.84. The van der Waals surface area contributed by atoms with E-state index >= 15 is 0 Å². The van der Waals surface area contributed by atoms with Crippen molar-refractivity contribution in [3.8, 4) is 0 Å². The Morgan fingerprint density at radius 3 is 2.50 bits per heavy atom. The number of rotatable bonds is 1. The Morgan fingerprint density at radius 1 is 1.50 bits per heavy atom. The van der Waals surface area contributed by atoms with Crippen molar-refractivity contribution in [1.82, 2.24) is 9.97 Å². The third kappa shape index (κ3) is 1.50. The molecule has 0 bridgehead atoms. The highest BCUT2D eigenvalue weighted by Crippen LogP contribution is 2.11. The van der Waals surface area contributed by atoms with Crippen LogP contribution in [0.1, 0.15) is 0 Å². The maximum Gasteiger partial charge on any atom is 0.354 e. The van der Waals surface area contributed by atoms with E-state index in [2.05, 4.69) is 39.3 Å². The first kappa shape index (κ1) is 7.59. The predicted octanol–water partition coefficient (Wildman–Crippen LogP) is 1.06. The Bertz CT molecular complexity index is 259. The first-order chi connectivity index (χ1) is 4.72. The lowest BCUT2D eigenvalue weighted by atomic mass is 10.6. The fourth-order valence-electron chi connectivity index (χ4n) is 0.570. The van der Waals surface area contributed by atoms with Gasteiger partial charge in [-0.1, -0.05) is 0 Å². The summed E-state index contributed by atoms with van der Waals surface area (Å²) in [6.45, 7) is 3.70. The molecule has 0 aliphatic carbocycles. The summed E-state index contributed by atoms with van der Waals surface area (Å²) in [5.74, 6) is 0.808. The molecule has 0 aliphatic heterocycles. The van der Waals surface area contributed by atoms with Gasteiger partial charge in [0.05, 0.1) is 20.0 Å². The predicted molar refractivity (Wildman–Crippen MR) is 47.7 cm³/mol. The Labute approximate surface area is 73.0 Å². The second kappa shape index (κ2) is 3.05. The van der Waals surface area contributed by atoms with Crippen LogP contribution < -0.4 is 0 Å². The first-order valence-electron chi connectivity index (χ1n) is 2.72. The molecule has 0 atom stereocenters. The highest BCUT2D eigenvalue weighted by Gasteiger charge is 2.08. The van der Waals surface area contributed by atoms with Gasteiger partial charge in [-0.3, -0.25) is 0 Å². The van der Waals surface area contributed by atoms with E-state index in [1.54, 1.807) is 17.0 Å². The van der Waals surface area contributed by atoms with Crippen molar-refractivity contribution >= 4 is 35.1 Å². The van der Waals surface area contributed by atoms with E-state index in [1.165, 1.54) is 0 Å². The van der Waals surface area contributed by atoms with Crippen LogP contribution in [0.25, 0.3) is 0 Å². The minimum Gasteiger partial charge on any atom is -0.238 e. The molecule has 0 fully saturated rings. The van der Waals surface area contributed by atoms with Crippen LogP contribution in [-0.4, -0.2) is 28.3 Å². The van der Waals surface area contributed by atoms with Crippen molar-refractivity contribution in [3.05, 3.63) is 16.1 Å². The molecule has 52 valence electrons. The van der Waals surface area contributed by atoms with Crippen molar-refractivity contribution in [1.29, 1.82) is 0 Å². The van der Waals surface area contributed by atoms with Crippen molar-refractivity contribution < 1.29 is 4.58 Å². The zero-order valence-corrected chi connectivity index (χ0v) is 7.74. The molecule has 0 aromatic carbocycles. The van der Waals surface area contributed by atoms with Crippen molar-refractivity contribution in [2.45, 2.75) is 0 Å². The monoisotopic (exact) mass is 248 g/mol. The van der Waals surface area contributed by atoms with Crippen LogP contribution in [-0.2, 0) is 0 Å². The van der Waals surface area contributed by atoms with Crippen molar-refractivity contribution in [2.75, 3.05) is 7.05 Å². The van der Waals surface area contributed by atoms with E-state index in [1.807, 2.05) is 7.05 Å². The lowest BCUT2D eigenvalue weighted by Gasteiger charge is -1.91. The molecule has 0 unspecified atom stereocenters. The summed E-state index contributed by atoms with van der Waals surface area (Å²) in [6, 6.07) is 0. The van der Waals surface area contributed by atoms with Crippen molar-refractivity contribution in [3.63, 3.8) is 0 Å². The Morgan fingerprint density at radius 2 is 2.10 bits per heavy atom. The highest BCUT2D eigenvalue weighted by atomic mass is 127. The lowest BCUT2D eigenvalue weighted by molar-refractivity contribution is -0.400. The molecule has 0 saturated heterocycles. The van der Waals surface area contributed by atoms with E-state index in [-0.39, 0.29) is 0 Å². The minimum atomic E-state index is 0.808. The molecule has 1 rings (SSSR count). The molecule has 1 heterocycles. The molecule has 0 aliphatic rings. The molecular weight excluding hydrogens is 241 g/mol. The van der Waals surface area contributed by atoms with Gasteiger partial charge in [0, 0.05) is 0 Å². The fraction of sp³-hybridized carbons (Fsp3) is 0.167. The van der Waals surface area contributed by atoms with Crippen LogP contribution >= 0.6 is 22.6 Å². The standard InChI is InChI=1S/C6H7IN3/c1-10(2)6-5(7)8-3-4-9-6/h3-4H,1H2,2H3/q+1. The first-order valence-corrected chi connectivity index (χ1v) is 3.80. The maximum atomic E-state index is 4.07. The van der Waals surface area contributed by atoms with Crippen LogP contribution in [0.5, 0.6) is 0 Å². The number of nitrogens with zero attached hydrogens (tertiary/aromatic N) is 3. The molecule has 3 nitrogen and oxygen atoms in total. The molecule has 0 saturated carbocycles. The van der Waals surface area contributed by atoms with Gasteiger partial charge in [-0.2, -0.15) is 0 Å². The normalized spacial score (nSPS) is 9.40. The third-order valence-electron chi connectivity index (χ3n) is 0.997. The molecular formula is C6H7IN3+. The van der Waals surface area contributed by atoms with Gasteiger partial charge in [0.25, 0.3) is 0 Å². The van der Waals surface area contributed by atoms with E-state index in [0.717, 1.165) is 9.52 Å². The molecule has 10 heavy (non-hydrogen) atoms. The number of hydrogen-bond acceptors (Lipinski definition) is 2. The van der Waals surface area contributed by atoms with Gasteiger partial charge in [-0.05, 0) is 27.6 Å². The zero-order valence-electron chi connectivity index (χ0n) is 5.58. The second-order valence-corrected chi connectivity index (χ2v) is 2.89. The zero-order chi connectivity index (χ0) is 7.56. The summed E-state index contributed by atoms with van der Waals surface area (Å²) >= 11 is 2.12. The smallest absolute Gasteiger partial charge is 0.238 e. The Hall–Kier alpha value is -0.520. The minimum absolute atomic E-state index is 0.808. The fourth-order valence-corrected chi connectivity index (χ4v) is 1.28. The van der Waals surface area contributed by atoms with Gasteiger partial charge in [-0.25, -0.2) is 9.56 Å². The van der Waals surface area contributed by atoms with Crippen LogP contribution in [0.2, 0.25) is 0 Å². The number of halogens is 1. The third-order valence-corrected chi connectivity index (χ3v) is 1.76. The van der Waals surface area contributed by atoms with E-state index in [9.17, 15) is 0 Å². The molecule has 0 N–H and O–H groups in total. The van der Waals surface area contributed by atoms with Gasteiger partial charge < -0.3 is 0 Å². The molecule has 1 aromatic heterocycles. The van der Waals surface area contributed by atoms with Gasteiger partial charge >= 0.3 is 5.82 Å². The van der Waals surface area contributed by atoms with Crippen LogP contribution in [0.3, 0.4) is 0 Å². The van der Waals surface area contributed by atoms with Gasteiger partial charge in [0.1, 0.15) is 0 Å². The SMILES string of the molecule is C=[N+](C)c1nccnc1I. The molecule has 0 amide bonds. The quantitative estimate of drug-likeness (QED) is 0.422. The summed E-state index contributed by atoms with van der Waals surface area (Å²) in [6.07, 6.45) is 3.31. The topological polar surface area (TPSA) is 28.8 Å². The highest BCUT2D eigenvalue weighted by molar-refractivity contribution is 14.1. The van der Waals surface area contributed by atoms with E-state index < -0.39 is 0 Å². The largest absolute Gasteiger partial charge is 0.354 e. The lowest BCUT2D eigenvalue weighted by Crippen LogP contribution is -1.99. The van der Waals surface area contributed by atoms with Crippen molar-refractivity contribution in [2.24, 2.45) is 0 Å². The Kier molecular flexibility index (Phi) is 2.31. The molecule has 1 aromatic rings. The van der Waals surface area contributed by atoms with E-state index in [0.29, 0.717) is 0 Å². The van der Waals surface area contributed by atoms with Gasteiger partial charge in [-0.15, -0.1) is 0 Å². The maximum absolute atomic E-state index is 4.07. The number of hydrogen-bond donors (Lipinski definition) is 0. The summed E-state index contributed by atoms with van der Waals surface area (Å²) in [4.78, 5) is 8.11.